The fraction of sp³-hybridized carbons (Fsp3) is 0.391. The lowest BCUT2D eigenvalue weighted by molar-refractivity contribution is 0.0625. The summed E-state index contributed by atoms with van der Waals surface area (Å²) in [6.45, 7) is 3.62. The van der Waals surface area contributed by atoms with Gasteiger partial charge in [0.1, 0.15) is 0 Å². The van der Waals surface area contributed by atoms with Crippen LogP contribution in [0.4, 0.5) is 0 Å². The van der Waals surface area contributed by atoms with Crippen molar-refractivity contribution in [2.75, 3.05) is 6.54 Å². The molecule has 2 aromatic carbocycles. The van der Waals surface area contributed by atoms with E-state index in [0.717, 1.165) is 43.3 Å². The predicted octanol–water partition coefficient (Wildman–Crippen LogP) is 3.88. The summed E-state index contributed by atoms with van der Waals surface area (Å²) >= 11 is 0. The summed E-state index contributed by atoms with van der Waals surface area (Å²) in [7, 11) is 0. The molecule has 1 aromatic heterocycles. The number of para-hydroxylation sites is 2. The van der Waals surface area contributed by atoms with Crippen LogP contribution in [0.5, 0.6) is 0 Å². The fourth-order valence-electron chi connectivity index (χ4n) is 5.28. The average molecular weight is 374 g/mol. The van der Waals surface area contributed by atoms with Gasteiger partial charge in [-0.3, -0.25) is 4.79 Å². The molecule has 5 heteroatoms. The summed E-state index contributed by atoms with van der Waals surface area (Å²) in [5.74, 6) is 0.470. The van der Waals surface area contributed by atoms with Gasteiger partial charge in [0.25, 0.3) is 5.91 Å². The number of benzene rings is 2. The van der Waals surface area contributed by atoms with E-state index in [9.17, 15) is 4.79 Å². The highest BCUT2D eigenvalue weighted by Gasteiger charge is 2.73. The van der Waals surface area contributed by atoms with E-state index in [1.54, 1.807) is 0 Å². The molecule has 5 nitrogen and oxygen atoms in total. The quantitative estimate of drug-likeness (QED) is 0.688. The van der Waals surface area contributed by atoms with Crippen molar-refractivity contribution in [2.45, 2.75) is 50.2 Å². The number of hydrogen-bond acceptors (Lipinski definition) is 3. The van der Waals surface area contributed by atoms with Crippen LogP contribution in [0.2, 0.25) is 0 Å². The number of nitrogens with zero attached hydrogens (tertiary/aromatic N) is 2. The van der Waals surface area contributed by atoms with Crippen molar-refractivity contribution in [3.63, 3.8) is 0 Å². The van der Waals surface area contributed by atoms with Crippen molar-refractivity contribution in [3.8, 4) is 0 Å². The van der Waals surface area contributed by atoms with Gasteiger partial charge in [-0.25, -0.2) is 4.98 Å². The summed E-state index contributed by atoms with van der Waals surface area (Å²) in [5.41, 5.74) is 3.01. The lowest BCUT2D eigenvalue weighted by atomic mass is 10.1. The van der Waals surface area contributed by atoms with E-state index in [1.807, 2.05) is 30.3 Å². The fourth-order valence-corrected chi connectivity index (χ4v) is 5.28. The molecule has 2 N–H and O–H groups in total. The van der Waals surface area contributed by atoms with E-state index >= 15 is 0 Å². The summed E-state index contributed by atoms with van der Waals surface area (Å²) < 4.78 is 0. The topological polar surface area (TPSA) is 61.0 Å². The van der Waals surface area contributed by atoms with Gasteiger partial charge in [0.05, 0.1) is 16.6 Å². The minimum Gasteiger partial charge on any atom is -0.334 e. The number of imidazole rings is 1. The van der Waals surface area contributed by atoms with E-state index in [-0.39, 0.29) is 17.0 Å². The first-order valence-corrected chi connectivity index (χ1v) is 10.2. The Labute approximate surface area is 165 Å². The number of nitrogens with one attached hydrogen (secondary N) is 2. The molecule has 2 saturated carbocycles. The molecule has 0 spiro atoms. The van der Waals surface area contributed by atoms with Gasteiger partial charge in [0.2, 0.25) is 0 Å². The van der Waals surface area contributed by atoms with Crippen LogP contribution in [0, 0.1) is 0 Å². The monoisotopic (exact) mass is 374 g/mol. The maximum atomic E-state index is 13.4. The number of hydrogen-bond donors (Lipinski definition) is 2. The number of aromatic nitrogens is 2. The van der Waals surface area contributed by atoms with E-state index in [2.05, 4.69) is 51.4 Å². The normalized spacial score (nSPS) is 25.6. The molecule has 28 heavy (non-hydrogen) atoms. The van der Waals surface area contributed by atoms with Crippen LogP contribution in [0.3, 0.4) is 0 Å². The minimum atomic E-state index is -0.0768. The van der Waals surface area contributed by atoms with Gasteiger partial charge < -0.3 is 15.2 Å². The van der Waals surface area contributed by atoms with Crippen molar-refractivity contribution in [2.24, 2.45) is 0 Å². The summed E-state index contributed by atoms with van der Waals surface area (Å²) in [4.78, 5) is 23.2. The molecule has 1 amide bonds. The number of likely N-dealkylation sites (N-methyl/N-ethyl adjacent to an activating group) is 1. The number of carbonyl (C=O) groups excluding carboxylic acids is 1. The van der Waals surface area contributed by atoms with Crippen molar-refractivity contribution in [1.29, 1.82) is 0 Å². The largest absolute Gasteiger partial charge is 0.334 e. The van der Waals surface area contributed by atoms with Gasteiger partial charge in [-0.15, -0.1) is 0 Å². The van der Waals surface area contributed by atoms with Crippen LogP contribution >= 0.6 is 0 Å². The number of H-pyrrole nitrogens is 1. The third-order valence-corrected chi connectivity index (χ3v) is 6.70. The Hall–Kier alpha value is -2.66. The number of rotatable bonds is 6. The summed E-state index contributed by atoms with van der Waals surface area (Å²) in [6.07, 6.45) is 4.39. The standard InChI is InChI=1S/C23H26N4O/c1-2-27(21(28)20-25-18-11-6-7-12-19(18)26-20)23-14-8-13-22(23,16-23)24-15-17-9-4-3-5-10-17/h3-7,9-12,24H,2,8,13-16H2,1H3,(H,25,26)/t22-,23+/m0/s1. The van der Waals surface area contributed by atoms with Crippen LogP contribution in [0.15, 0.2) is 54.6 Å². The van der Waals surface area contributed by atoms with Gasteiger partial charge in [-0.1, -0.05) is 42.5 Å². The second-order valence-electron chi connectivity index (χ2n) is 8.14. The third-order valence-electron chi connectivity index (χ3n) is 6.70. The average Bonchev–Trinajstić information content (AvgIpc) is 3.04. The zero-order valence-electron chi connectivity index (χ0n) is 16.2. The molecule has 2 aliphatic carbocycles. The van der Waals surface area contributed by atoms with Gasteiger partial charge in [-0.05, 0) is 50.3 Å². The Morgan fingerprint density at radius 2 is 1.93 bits per heavy atom. The molecular weight excluding hydrogens is 348 g/mol. The van der Waals surface area contributed by atoms with Crippen molar-refractivity contribution in [1.82, 2.24) is 20.2 Å². The Kier molecular flexibility index (Phi) is 4.02. The highest BCUT2D eigenvalue weighted by molar-refractivity contribution is 5.95. The molecule has 5 rings (SSSR count). The third kappa shape index (κ3) is 2.57. The molecule has 0 saturated heterocycles. The van der Waals surface area contributed by atoms with E-state index in [1.165, 1.54) is 5.56 Å². The second-order valence-corrected chi connectivity index (χ2v) is 8.14. The first-order valence-electron chi connectivity index (χ1n) is 10.2. The Balaban J connectivity index is 1.39. The Bertz CT molecular complexity index is 981. The molecule has 0 unspecified atom stereocenters. The molecule has 2 atom stereocenters. The first kappa shape index (κ1) is 17.4. The molecule has 0 radical (unpaired) electrons. The van der Waals surface area contributed by atoms with E-state index < -0.39 is 0 Å². The van der Waals surface area contributed by atoms with Gasteiger partial charge >= 0.3 is 0 Å². The SMILES string of the molecule is CCN(C(=O)c1nc2ccccc2[nH]1)[C@@]12CCC[C@]1(NCc1ccccc1)C2. The van der Waals surface area contributed by atoms with Crippen LogP contribution < -0.4 is 5.32 Å². The van der Waals surface area contributed by atoms with Gasteiger partial charge in [-0.2, -0.15) is 0 Å². The summed E-state index contributed by atoms with van der Waals surface area (Å²) in [5, 5.41) is 3.81. The number of aromatic amines is 1. The predicted molar refractivity (Wildman–Crippen MR) is 110 cm³/mol. The smallest absolute Gasteiger partial charge is 0.290 e. The summed E-state index contributed by atoms with van der Waals surface area (Å²) in [6, 6.07) is 18.3. The Morgan fingerprint density at radius 3 is 2.71 bits per heavy atom. The van der Waals surface area contributed by atoms with Crippen LogP contribution in [-0.4, -0.2) is 38.4 Å². The number of amides is 1. The molecule has 1 heterocycles. The second kappa shape index (κ2) is 6.45. The van der Waals surface area contributed by atoms with Gasteiger partial charge in [0, 0.05) is 18.6 Å². The number of carbonyl (C=O) groups is 1. The molecule has 2 fully saturated rings. The lowest BCUT2D eigenvalue weighted by Gasteiger charge is -2.32. The zero-order chi connectivity index (χ0) is 19.2. The van der Waals surface area contributed by atoms with Crippen molar-refractivity contribution in [3.05, 3.63) is 66.0 Å². The molecule has 3 aromatic rings. The Morgan fingerprint density at radius 1 is 1.14 bits per heavy atom. The number of fused-ring (bicyclic) bond motifs is 2. The van der Waals surface area contributed by atoms with Crippen LogP contribution in [-0.2, 0) is 6.54 Å². The molecule has 2 aliphatic rings. The van der Waals surface area contributed by atoms with Crippen molar-refractivity contribution < 1.29 is 4.79 Å². The van der Waals surface area contributed by atoms with Crippen LogP contribution in [0.1, 0.15) is 48.8 Å². The van der Waals surface area contributed by atoms with E-state index in [4.69, 9.17) is 0 Å². The first-order chi connectivity index (χ1) is 13.7. The molecular formula is C23H26N4O. The maximum absolute atomic E-state index is 13.4. The van der Waals surface area contributed by atoms with E-state index in [0.29, 0.717) is 12.4 Å². The molecule has 0 bridgehead atoms. The van der Waals surface area contributed by atoms with Crippen LogP contribution in [0.25, 0.3) is 11.0 Å². The molecule has 144 valence electrons. The van der Waals surface area contributed by atoms with Crippen molar-refractivity contribution >= 4 is 16.9 Å². The zero-order valence-corrected chi connectivity index (χ0v) is 16.2. The van der Waals surface area contributed by atoms with Gasteiger partial charge in [0.15, 0.2) is 5.82 Å². The minimum absolute atomic E-state index is 0.0176. The molecule has 0 aliphatic heterocycles. The highest BCUT2D eigenvalue weighted by atomic mass is 16.2. The lowest BCUT2D eigenvalue weighted by Crippen LogP contribution is -2.49. The highest BCUT2D eigenvalue weighted by Crippen LogP contribution is 2.63. The maximum Gasteiger partial charge on any atom is 0.290 e.